The predicted octanol–water partition coefficient (Wildman–Crippen LogP) is 1.48. The molecule has 1 aromatic heterocycles. The maximum absolute atomic E-state index is 13.3. The lowest BCUT2D eigenvalue weighted by Crippen LogP contribution is -2.12. The Morgan fingerprint density at radius 1 is 1.44 bits per heavy atom. The van der Waals surface area contributed by atoms with Crippen LogP contribution in [0.4, 0.5) is 4.39 Å². The number of primary sulfonamides is 1. The van der Waals surface area contributed by atoms with E-state index >= 15 is 0 Å². The molecule has 0 unspecified atom stereocenters. The van der Waals surface area contributed by atoms with E-state index in [9.17, 15) is 12.8 Å². The molecule has 0 fully saturated rings. The number of sulfonamides is 1. The van der Waals surface area contributed by atoms with Gasteiger partial charge in [0, 0.05) is 12.7 Å². The highest BCUT2D eigenvalue weighted by Gasteiger charge is 2.12. The molecule has 2 N–H and O–H groups in total. The monoisotopic (exact) mass is 333 g/mol. The largest absolute Gasteiger partial charge is 0.332 e. The summed E-state index contributed by atoms with van der Waals surface area (Å²) < 4.78 is 37.3. The number of rotatable bonds is 3. The Bertz CT molecular complexity index is 684. The molecule has 0 aliphatic heterocycles. The lowest BCUT2D eigenvalue weighted by Gasteiger charge is -2.05. The summed E-state index contributed by atoms with van der Waals surface area (Å²) in [6.07, 6.45) is 2.63. The van der Waals surface area contributed by atoms with Gasteiger partial charge in [0.25, 0.3) is 10.0 Å². The fourth-order valence-electron chi connectivity index (χ4n) is 1.44. The number of nitrogens with two attached hydrogens (primary N) is 1. The van der Waals surface area contributed by atoms with Crippen LogP contribution in [0.25, 0.3) is 0 Å². The van der Waals surface area contributed by atoms with Crippen LogP contribution in [-0.4, -0.2) is 18.0 Å². The fourth-order valence-corrected chi connectivity index (χ4v) is 2.31. The van der Waals surface area contributed by atoms with Gasteiger partial charge >= 0.3 is 0 Å². The number of aromatic nitrogens is 2. The number of benzene rings is 1. The second kappa shape index (κ2) is 4.79. The van der Waals surface area contributed by atoms with Gasteiger partial charge in [-0.25, -0.2) is 22.9 Å². The maximum atomic E-state index is 13.3. The van der Waals surface area contributed by atoms with Gasteiger partial charge in [0.1, 0.15) is 5.82 Å². The van der Waals surface area contributed by atoms with Gasteiger partial charge in [-0.2, -0.15) is 0 Å². The van der Waals surface area contributed by atoms with Gasteiger partial charge in [0.05, 0.1) is 10.8 Å². The molecule has 0 aliphatic carbocycles. The number of halogens is 2. The van der Waals surface area contributed by atoms with Crippen LogP contribution in [0.3, 0.4) is 0 Å². The first-order valence-corrected chi connectivity index (χ1v) is 7.19. The van der Waals surface area contributed by atoms with Crippen LogP contribution in [0.15, 0.2) is 40.2 Å². The molecule has 0 spiro atoms. The lowest BCUT2D eigenvalue weighted by molar-refractivity contribution is 0.594. The van der Waals surface area contributed by atoms with Crippen LogP contribution in [0.1, 0.15) is 5.56 Å². The third-order valence-electron chi connectivity index (χ3n) is 2.29. The number of hydrogen-bond donors (Lipinski definition) is 1. The van der Waals surface area contributed by atoms with E-state index in [1.54, 1.807) is 12.1 Å². The average Bonchev–Trinajstić information content (AvgIpc) is 2.73. The summed E-state index contributed by atoms with van der Waals surface area (Å²) >= 11 is 3.13. The molecular weight excluding hydrogens is 325 g/mol. The minimum Gasteiger partial charge on any atom is -0.332 e. The number of nitrogens with zero attached hydrogens (tertiary/aromatic N) is 2. The SMILES string of the molecule is NS(=O)(=O)c1cn(Cc2cccc(F)c2Br)cn1. The van der Waals surface area contributed by atoms with Crippen LogP contribution in [0.5, 0.6) is 0 Å². The van der Waals surface area contributed by atoms with Crippen molar-refractivity contribution in [2.75, 3.05) is 0 Å². The van der Waals surface area contributed by atoms with Crippen molar-refractivity contribution >= 4 is 26.0 Å². The van der Waals surface area contributed by atoms with E-state index in [0.717, 1.165) is 0 Å². The highest BCUT2D eigenvalue weighted by atomic mass is 79.9. The number of hydrogen-bond acceptors (Lipinski definition) is 3. The van der Waals surface area contributed by atoms with Crippen LogP contribution in [-0.2, 0) is 16.6 Å². The van der Waals surface area contributed by atoms with Crippen molar-refractivity contribution in [1.29, 1.82) is 0 Å². The second-order valence-electron chi connectivity index (χ2n) is 3.64. The summed E-state index contributed by atoms with van der Waals surface area (Å²) in [4.78, 5) is 3.68. The highest BCUT2D eigenvalue weighted by Crippen LogP contribution is 2.21. The first-order chi connectivity index (χ1) is 8.38. The van der Waals surface area contributed by atoms with Crippen molar-refractivity contribution in [1.82, 2.24) is 9.55 Å². The molecule has 1 heterocycles. The molecule has 0 atom stereocenters. The molecular formula is C10H9BrFN3O2S. The van der Waals surface area contributed by atoms with Gasteiger partial charge in [0.15, 0.2) is 5.03 Å². The van der Waals surface area contributed by atoms with E-state index in [2.05, 4.69) is 20.9 Å². The molecule has 2 aromatic rings. The van der Waals surface area contributed by atoms with Crippen molar-refractivity contribution in [3.63, 3.8) is 0 Å². The minimum absolute atomic E-state index is 0.213. The molecule has 2 rings (SSSR count). The van der Waals surface area contributed by atoms with E-state index in [0.29, 0.717) is 16.6 Å². The Morgan fingerprint density at radius 3 is 2.78 bits per heavy atom. The maximum Gasteiger partial charge on any atom is 0.257 e. The predicted molar refractivity (Wildman–Crippen MR) is 66.8 cm³/mol. The third-order valence-corrected chi connectivity index (χ3v) is 3.97. The van der Waals surface area contributed by atoms with Crippen molar-refractivity contribution in [3.8, 4) is 0 Å². The normalized spacial score (nSPS) is 11.7. The lowest BCUT2D eigenvalue weighted by atomic mass is 10.2. The fraction of sp³-hybridized carbons (Fsp3) is 0.100. The Morgan fingerprint density at radius 2 is 2.17 bits per heavy atom. The van der Waals surface area contributed by atoms with Crippen LogP contribution < -0.4 is 5.14 Å². The van der Waals surface area contributed by atoms with Gasteiger partial charge in [-0.1, -0.05) is 12.1 Å². The van der Waals surface area contributed by atoms with Crippen LogP contribution in [0, 0.1) is 5.82 Å². The first kappa shape index (κ1) is 13.2. The van der Waals surface area contributed by atoms with Crippen molar-refractivity contribution in [2.24, 2.45) is 5.14 Å². The van der Waals surface area contributed by atoms with E-state index in [1.807, 2.05) is 0 Å². The van der Waals surface area contributed by atoms with Crippen molar-refractivity contribution < 1.29 is 12.8 Å². The zero-order chi connectivity index (χ0) is 13.3. The molecule has 1 aromatic carbocycles. The number of imidazole rings is 1. The molecule has 0 bridgehead atoms. The summed E-state index contributed by atoms with van der Waals surface area (Å²) in [5.74, 6) is -0.376. The zero-order valence-corrected chi connectivity index (χ0v) is 11.4. The summed E-state index contributed by atoms with van der Waals surface area (Å²) in [5.41, 5.74) is 0.674. The van der Waals surface area contributed by atoms with Gasteiger partial charge in [-0.05, 0) is 27.6 Å². The van der Waals surface area contributed by atoms with Gasteiger partial charge in [-0.3, -0.25) is 0 Å². The van der Waals surface area contributed by atoms with Gasteiger partial charge in [0.2, 0.25) is 0 Å². The molecule has 5 nitrogen and oxygen atoms in total. The summed E-state index contributed by atoms with van der Waals surface area (Å²) in [6, 6.07) is 4.63. The standard InChI is InChI=1S/C10H9BrFN3O2S/c11-10-7(2-1-3-8(10)12)4-15-5-9(14-6-15)18(13,16)17/h1-3,5-6H,4H2,(H2,13,16,17). The molecule has 18 heavy (non-hydrogen) atoms. The van der Waals surface area contributed by atoms with E-state index in [-0.39, 0.29) is 10.8 Å². The van der Waals surface area contributed by atoms with Crippen molar-refractivity contribution in [3.05, 3.63) is 46.6 Å². The Kier molecular flexibility index (Phi) is 3.51. The average molecular weight is 334 g/mol. The molecule has 0 amide bonds. The minimum atomic E-state index is -3.81. The van der Waals surface area contributed by atoms with Crippen LogP contribution in [0.2, 0.25) is 0 Å². The van der Waals surface area contributed by atoms with E-state index in [4.69, 9.17) is 5.14 Å². The van der Waals surface area contributed by atoms with Crippen LogP contribution >= 0.6 is 15.9 Å². The summed E-state index contributed by atoms with van der Waals surface area (Å²) in [6.45, 7) is 0.293. The smallest absolute Gasteiger partial charge is 0.257 e. The van der Waals surface area contributed by atoms with Crippen molar-refractivity contribution in [2.45, 2.75) is 11.6 Å². The molecule has 0 saturated carbocycles. The summed E-state index contributed by atoms with van der Waals surface area (Å²) in [5, 5.41) is 4.73. The Hall–Kier alpha value is -1.25. The molecule has 0 aliphatic rings. The second-order valence-corrected chi connectivity index (χ2v) is 5.94. The quantitative estimate of drug-likeness (QED) is 0.924. The first-order valence-electron chi connectivity index (χ1n) is 4.85. The molecule has 8 heteroatoms. The zero-order valence-electron chi connectivity index (χ0n) is 9.05. The topological polar surface area (TPSA) is 78.0 Å². The van der Waals surface area contributed by atoms with Gasteiger partial charge in [-0.15, -0.1) is 0 Å². The highest BCUT2D eigenvalue weighted by molar-refractivity contribution is 9.10. The Balaban J connectivity index is 2.30. The van der Waals surface area contributed by atoms with E-state index < -0.39 is 10.0 Å². The summed E-state index contributed by atoms with van der Waals surface area (Å²) in [7, 11) is -3.81. The van der Waals surface area contributed by atoms with E-state index in [1.165, 1.54) is 23.2 Å². The molecule has 0 radical (unpaired) electrons. The molecule has 96 valence electrons. The Labute approximate surface area is 112 Å². The molecule has 0 saturated heterocycles. The third kappa shape index (κ3) is 2.77. The van der Waals surface area contributed by atoms with Gasteiger partial charge < -0.3 is 4.57 Å².